The van der Waals surface area contributed by atoms with E-state index in [-0.39, 0.29) is 34.9 Å². The van der Waals surface area contributed by atoms with Crippen LogP contribution in [0.15, 0.2) is 23.0 Å². The molecule has 0 radical (unpaired) electrons. The molecule has 2 aliphatic heterocycles. The highest BCUT2D eigenvalue weighted by Gasteiger charge is 2.49. The summed E-state index contributed by atoms with van der Waals surface area (Å²) in [6, 6.07) is 4.13. The molecule has 2 aliphatic carbocycles. The quantitative estimate of drug-likeness (QED) is 0.645. The lowest BCUT2D eigenvalue weighted by Crippen LogP contribution is -2.53. The first-order chi connectivity index (χ1) is 17.4. The molecule has 1 N–H and O–H groups in total. The van der Waals surface area contributed by atoms with Gasteiger partial charge in [0.25, 0.3) is 17.4 Å². The van der Waals surface area contributed by atoms with Gasteiger partial charge in [0.1, 0.15) is 5.82 Å². The molecule has 2 bridgehead atoms. The average Bonchev–Trinajstić information content (AvgIpc) is 3.46. The van der Waals surface area contributed by atoms with Gasteiger partial charge in [0.05, 0.1) is 23.3 Å². The standard InChI is InChI=1S/C27H29FN4O4/c28-22-9-8-15(11-23-19-6-1-2-7-20(19)25(34)30-29-23)10-21(22)26(35)31-13-18-12-17(31)14-32(18)27(36)24(33)16-4-3-5-16/h8-10,16-18H,1-7,11-14H2,(H,30,34)/t17-,18+/m0/s1. The number of aromatic amines is 1. The summed E-state index contributed by atoms with van der Waals surface area (Å²) in [5.41, 5.74) is 3.13. The minimum atomic E-state index is -0.587. The number of H-pyrrole nitrogens is 1. The largest absolute Gasteiger partial charge is 0.332 e. The van der Waals surface area contributed by atoms with Crippen LogP contribution in [-0.4, -0.2) is 62.8 Å². The Balaban J connectivity index is 1.18. The highest BCUT2D eigenvalue weighted by atomic mass is 19.1. The normalized spacial score (nSPS) is 22.9. The summed E-state index contributed by atoms with van der Waals surface area (Å²) in [7, 11) is 0. The summed E-state index contributed by atoms with van der Waals surface area (Å²) in [4.78, 5) is 53.9. The number of aromatic nitrogens is 2. The van der Waals surface area contributed by atoms with Crippen molar-refractivity contribution in [3.05, 3.63) is 62.3 Å². The van der Waals surface area contributed by atoms with Crippen molar-refractivity contribution in [3.63, 3.8) is 0 Å². The van der Waals surface area contributed by atoms with Crippen molar-refractivity contribution in [2.75, 3.05) is 13.1 Å². The van der Waals surface area contributed by atoms with Crippen LogP contribution in [0, 0.1) is 11.7 Å². The number of carbonyl (C=O) groups is 3. The Hall–Kier alpha value is -3.36. The van der Waals surface area contributed by atoms with E-state index in [1.165, 1.54) is 6.07 Å². The molecule has 9 heteroatoms. The zero-order valence-corrected chi connectivity index (χ0v) is 20.1. The third-order valence-electron chi connectivity index (χ3n) is 8.46. The van der Waals surface area contributed by atoms with E-state index in [0.29, 0.717) is 25.9 Å². The number of hydrogen-bond donors (Lipinski definition) is 1. The number of hydrogen-bond acceptors (Lipinski definition) is 5. The molecule has 2 atom stereocenters. The van der Waals surface area contributed by atoms with Gasteiger partial charge in [0, 0.05) is 31.0 Å². The summed E-state index contributed by atoms with van der Waals surface area (Å²) >= 11 is 0. The number of fused-ring (bicyclic) bond motifs is 3. The third-order valence-corrected chi connectivity index (χ3v) is 8.46. The monoisotopic (exact) mass is 492 g/mol. The number of nitrogens with zero attached hydrogens (tertiary/aromatic N) is 3. The number of benzene rings is 1. The molecule has 1 aromatic heterocycles. The molecule has 2 aromatic rings. The Kier molecular flexibility index (Phi) is 5.73. The van der Waals surface area contributed by atoms with Crippen LogP contribution in [0.5, 0.6) is 0 Å². The van der Waals surface area contributed by atoms with Crippen molar-refractivity contribution in [1.82, 2.24) is 20.0 Å². The van der Waals surface area contributed by atoms with Crippen molar-refractivity contribution in [1.29, 1.82) is 0 Å². The molecule has 3 fully saturated rings. The van der Waals surface area contributed by atoms with E-state index in [1.54, 1.807) is 21.9 Å². The summed E-state index contributed by atoms with van der Waals surface area (Å²) in [5, 5.41) is 6.85. The van der Waals surface area contributed by atoms with Gasteiger partial charge in [0.15, 0.2) is 0 Å². The van der Waals surface area contributed by atoms with Crippen molar-refractivity contribution in [3.8, 4) is 0 Å². The molecular weight excluding hydrogens is 463 g/mol. The number of likely N-dealkylation sites (tertiary alicyclic amines) is 2. The van der Waals surface area contributed by atoms with Crippen molar-refractivity contribution >= 4 is 17.6 Å². The Morgan fingerprint density at radius 3 is 2.42 bits per heavy atom. The number of piperazine rings is 1. The number of carbonyl (C=O) groups excluding carboxylic acids is 3. The molecule has 1 saturated carbocycles. The number of Topliss-reactive ketones (excluding diaryl/α,β-unsaturated/α-hetero) is 1. The van der Waals surface area contributed by atoms with Crippen molar-refractivity contribution in [2.24, 2.45) is 5.92 Å². The Labute approximate surface area is 207 Å². The highest BCUT2D eigenvalue weighted by Crippen LogP contribution is 2.35. The summed E-state index contributed by atoms with van der Waals surface area (Å²) in [5.74, 6) is -1.85. The van der Waals surface area contributed by atoms with Crippen LogP contribution in [0.3, 0.4) is 0 Å². The summed E-state index contributed by atoms with van der Waals surface area (Å²) in [6.07, 6.45) is 7.08. The van der Waals surface area contributed by atoms with E-state index >= 15 is 0 Å². The van der Waals surface area contributed by atoms with E-state index in [2.05, 4.69) is 10.2 Å². The van der Waals surface area contributed by atoms with Gasteiger partial charge >= 0.3 is 0 Å². The molecule has 3 heterocycles. The van der Waals surface area contributed by atoms with E-state index in [1.807, 2.05) is 0 Å². The van der Waals surface area contributed by atoms with Gasteiger partial charge < -0.3 is 9.80 Å². The molecule has 2 saturated heterocycles. The molecule has 0 unspecified atom stereocenters. The fraction of sp³-hybridized carbons (Fsp3) is 0.519. The predicted molar refractivity (Wildman–Crippen MR) is 128 cm³/mol. The first-order valence-corrected chi connectivity index (χ1v) is 12.9. The van der Waals surface area contributed by atoms with Crippen molar-refractivity contribution < 1.29 is 18.8 Å². The van der Waals surface area contributed by atoms with Gasteiger partial charge in [-0.1, -0.05) is 12.5 Å². The maximum absolute atomic E-state index is 14.8. The first kappa shape index (κ1) is 23.1. The molecule has 4 aliphatic rings. The molecular formula is C27H29FN4O4. The fourth-order valence-corrected chi connectivity index (χ4v) is 6.22. The number of ketones is 1. The second-order valence-corrected chi connectivity index (χ2v) is 10.6. The number of nitrogens with one attached hydrogen (secondary N) is 1. The minimum Gasteiger partial charge on any atom is -0.332 e. The SMILES string of the molecule is O=C(C(=O)N1C[C@@H]2C[C@@H]1CN2C(=O)c1cc(Cc2n[nH]c(=O)c3c2CCCC3)ccc1F)C1CCC1. The average molecular weight is 493 g/mol. The zero-order chi connectivity index (χ0) is 25.0. The molecule has 1 aromatic carbocycles. The van der Waals surface area contributed by atoms with Crippen LogP contribution >= 0.6 is 0 Å². The zero-order valence-electron chi connectivity index (χ0n) is 20.1. The van der Waals surface area contributed by atoms with Gasteiger partial charge in [-0.3, -0.25) is 19.2 Å². The molecule has 36 heavy (non-hydrogen) atoms. The lowest BCUT2D eigenvalue weighted by atomic mass is 9.81. The van der Waals surface area contributed by atoms with Crippen LogP contribution in [0.25, 0.3) is 0 Å². The van der Waals surface area contributed by atoms with Crippen LogP contribution in [0.1, 0.15) is 71.3 Å². The van der Waals surface area contributed by atoms with Crippen LogP contribution in [-0.2, 0) is 28.9 Å². The van der Waals surface area contributed by atoms with Crippen molar-refractivity contribution in [2.45, 2.75) is 69.9 Å². The molecule has 6 rings (SSSR count). The van der Waals surface area contributed by atoms with Crippen LogP contribution in [0.4, 0.5) is 4.39 Å². The minimum absolute atomic E-state index is 0.00163. The number of rotatable bonds is 5. The number of amides is 2. The van der Waals surface area contributed by atoms with E-state index in [0.717, 1.165) is 67.3 Å². The molecule has 188 valence electrons. The highest BCUT2D eigenvalue weighted by molar-refractivity contribution is 6.37. The van der Waals surface area contributed by atoms with Crippen LogP contribution in [0.2, 0.25) is 0 Å². The second-order valence-electron chi connectivity index (χ2n) is 10.6. The first-order valence-electron chi connectivity index (χ1n) is 12.9. The molecule has 0 spiro atoms. The van der Waals surface area contributed by atoms with Gasteiger partial charge in [-0.2, -0.15) is 5.10 Å². The van der Waals surface area contributed by atoms with E-state index in [4.69, 9.17) is 0 Å². The number of halogens is 1. The third kappa shape index (κ3) is 3.85. The van der Waals surface area contributed by atoms with Gasteiger partial charge in [-0.15, -0.1) is 0 Å². The Bertz CT molecular complexity index is 1320. The summed E-state index contributed by atoms with van der Waals surface area (Å²) < 4.78 is 14.8. The van der Waals surface area contributed by atoms with Crippen LogP contribution < -0.4 is 5.56 Å². The maximum atomic E-state index is 14.8. The predicted octanol–water partition coefficient (Wildman–Crippen LogP) is 2.17. The Morgan fingerprint density at radius 2 is 1.72 bits per heavy atom. The maximum Gasteiger partial charge on any atom is 0.290 e. The molecule has 2 amide bonds. The van der Waals surface area contributed by atoms with Gasteiger partial charge in [-0.05, 0) is 68.2 Å². The lowest BCUT2D eigenvalue weighted by Gasteiger charge is -2.35. The lowest BCUT2D eigenvalue weighted by molar-refractivity contribution is -0.149. The summed E-state index contributed by atoms with van der Waals surface area (Å²) in [6.45, 7) is 0.633. The van der Waals surface area contributed by atoms with Gasteiger partial charge in [0.2, 0.25) is 5.78 Å². The second kappa shape index (κ2) is 8.94. The Morgan fingerprint density at radius 1 is 1.00 bits per heavy atom. The van der Waals surface area contributed by atoms with E-state index in [9.17, 15) is 23.6 Å². The van der Waals surface area contributed by atoms with Gasteiger partial charge in [-0.25, -0.2) is 9.49 Å². The van der Waals surface area contributed by atoms with E-state index < -0.39 is 17.6 Å². The fourth-order valence-electron chi connectivity index (χ4n) is 6.22. The topological polar surface area (TPSA) is 103 Å². The molecule has 8 nitrogen and oxygen atoms in total. The smallest absolute Gasteiger partial charge is 0.290 e.